The van der Waals surface area contributed by atoms with Gasteiger partial charge in [-0.1, -0.05) is 31.2 Å². The summed E-state index contributed by atoms with van der Waals surface area (Å²) in [6.07, 6.45) is 4.73. The number of hydrogen-bond donors (Lipinski definition) is 1. The third-order valence-electron chi connectivity index (χ3n) is 3.60. The molecule has 1 aromatic rings. The Labute approximate surface area is 121 Å². The van der Waals surface area contributed by atoms with E-state index in [4.69, 9.17) is 0 Å². The molecule has 2 rings (SSSR count). The monoisotopic (exact) mass is 294 g/mol. The maximum Gasteiger partial charge on any atom is 0.243 e. The third-order valence-corrected chi connectivity index (χ3v) is 5.61. The second kappa shape index (κ2) is 6.52. The highest BCUT2D eigenvalue weighted by Crippen LogP contribution is 2.23. The minimum Gasteiger partial charge on any atom is -0.313 e. The number of nitrogens with one attached hydrogen (secondary N) is 1. The van der Waals surface area contributed by atoms with Crippen LogP contribution in [0.3, 0.4) is 0 Å². The maximum atomic E-state index is 12.7. The molecule has 0 radical (unpaired) electrons. The lowest BCUT2D eigenvalue weighted by Gasteiger charge is -2.24. The van der Waals surface area contributed by atoms with Gasteiger partial charge < -0.3 is 5.32 Å². The lowest BCUT2D eigenvalue weighted by molar-refractivity contribution is 0.437. The van der Waals surface area contributed by atoms with Crippen LogP contribution >= 0.6 is 0 Å². The zero-order valence-electron chi connectivity index (χ0n) is 12.1. The van der Waals surface area contributed by atoms with Crippen LogP contribution < -0.4 is 5.32 Å². The van der Waals surface area contributed by atoms with Crippen molar-refractivity contribution in [2.24, 2.45) is 0 Å². The number of benzene rings is 1. The van der Waals surface area contributed by atoms with Gasteiger partial charge in [0.25, 0.3) is 0 Å². The minimum atomic E-state index is -3.39. The van der Waals surface area contributed by atoms with E-state index in [2.05, 4.69) is 5.32 Å². The lowest BCUT2D eigenvalue weighted by Crippen LogP contribution is -2.34. The molecule has 0 spiro atoms. The van der Waals surface area contributed by atoms with Gasteiger partial charge >= 0.3 is 0 Å². The zero-order valence-corrected chi connectivity index (χ0v) is 12.9. The van der Waals surface area contributed by atoms with Crippen LogP contribution in [0.15, 0.2) is 35.2 Å². The van der Waals surface area contributed by atoms with E-state index in [-0.39, 0.29) is 0 Å². The van der Waals surface area contributed by atoms with E-state index in [0.717, 1.165) is 24.1 Å². The van der Waals surface area contributed by atoms with Gasteiger partial charge in [-0.25, -0.2) is 8.42 Å². The first-order valence-corrected chi connectivity index (χ1v) is 8.45. The molecular weight excluding hydrogens is 272 g/mol. The highest BCUT2D eigenvalue weighted by Gasteiger charge is 2.26. The van der Waals surface area contributed by atoms with E-state index in [1.165, 1.54) is 0 Å². The third kappa shape index (κ3) is 3.11. The van der Waals surface area contributed by atoms with Gasteiger partial charge in [0.2, 0.25) is 10.0 Å². The van der Waals surface area contributed by atoms with Gasteiger partial charge in [0.05, 0.1) is 4.90 Å². The Balaban J connectivity index is 2.34. The fourth-order valence-corrected chi connectivity index (χ4v) is 4.04. The fraction of sp³-hybridized carbons (Fsp3) is 0.467. The molecule has 20 heavy (non-hydrogen) atoms. The van der Waals surface area contributed by atoms with Crippen LogP contribution in [0.4, 0.5) is 0 Å². The largest absolute Gasteiger partial charge is 0.313 e. The topological polar surface area (TPSA) is 49.4 Å². The average molecular weight is 294 g/mol. The van der Waals surface area contributed by atoms with Crippen LogP contribution in [0, 0.1) is 6.92 Å². The Morgan fingerprint density at radius 3 is 2.75 bits per heavy atom. The smallest absolute Gasteiger partial charge is 0.243 e. The summed E-state index contributed by atoms with van der Waals surface area (Å²) in [5.74, 6) is 0. The molecule has 0 aromatic heterocycles. The van der Waals surface area contributed by atoms with Crippen LogP contribution in [-0.4, -0.2) is 32.4 Å². The maximum absolute atomic E-state index is 12.7. The van der Waals surface area contributed by atoms with E-state index in [9.17, 15) is 8.42 Å². The van der Waals surface area contributed by atoms with Gasteiger partial charge in [-0.2, -0.15) is 4.31 Å². The van der Waals surface area contributed by atoms with Crippen molar-refractivity contribution < 1.29 is 8.42 Å². The highest BCUT2D eigenvalue weighted by molar-refractivity contribution is 7.89. The van der Waals surface area contributed by atoms with Crippen molar-refractivity contribution in [1.82, 2.24) is 9.62 Å². The van der Waals surface area contributed by atoms with Gasteiger partial charge in [0.1, 0.15) is 0 Å². The molecule has 5 heteroatoms. The molecule has 0 unspecified atom stereocenters. The first-order valence-electron chi connectivity index (χ1n) is 7.01. The summed E-state index contributed by atoms with van der Waals surface area (Å²) in [5.41, 5.74) is 1.89. The van der Waals surface area contributed by atoms with E-state index in [0.29, 0.717) is 24.5 Å². The minimum absolute atomic E-state index is 0.434. The molecule has 1 aliphatic heterocycles. The van der Waals surface area contributed by atoms with E-state index in [1.54, 1.807) is 10.4 Å². The van der Waals surface area contributed by atoms with Gasteiger partial charge in [-0.3, -0.25) is 0 Å². The fourth-order valence-electron chi connectivity index (χ4n) is 2.37. The summed E-state index contributed by atoms with van der Waals surface area (Å²) < 4.78 is 27.0. The van der Waals surface area contributed by atoms with Crippen molar-refractivity contribution in [3.05, 3.63) is 41.5 Å². The van der Waals surface area contributed by atoms with E-state index >= 15 is 0 Å². The highest BCUT2D eigenvalue weighted by atomic mass is 32.2. The molecule has 1 heterocycles. The van der Waals surface area contributed by atoms with E-state index in [1.807, 2.05) is 38.1 Å². The Hall–Kier alpha value is -1.17. The molecule has 1 N–H and O–H groups in total. The van der Waals surface area contributed by atoms with Gasteiger partial charge in [-0.15, -0.1) is 0 Å². The summed E-state index contributed by atoms with van der Waals surface area (Å²) in [5, 5.41) is 3.24. The van der Waals surface area contributed by atoms with Crippen molar-refractivity contribution in [3.63, 3.8) is 0 Å². The van der Waals surface area contributed by atoms with Crippen molar-refractivity contribution in [1.29, 1.82) is 0 Å². The molecule has 0 aliphatic carbocycles. The number of rotatable bonds is 5. The number of hydrogen-bond acceptors (Lipinski definition) is 3. The van der Waals surface area contributed by atoms with Gasteiger partial charge in [-0.05, 0) is 37.1 Å². The van der Waals surface area contributed by atoms with Crippen molar-refractivity contribution in [3.8, 4) is 0 Å². The van der Waals surface area contributed by atoms with Gasteiger partial charge in [0, 0.05) is 19.6 Å². The SMILES string of the molecule is CCNCc1cccc(S(=O)(=O)N2CC=CCC2)c1C. The molecule has 0 fully saturated rings. The first kappa shape index (κ1) is 15.2. The molecule has 1 aromatic carbocycles. The zero-order chi connectivity index (χ0) is 14.6. The molecule has 4 nitrogen and oxygen atoms in total. The standard InChI is InChI=1S/C15H22N2O2S/c1-3-16-12-14-8-7-9-15(13(14)2)20(18,19)17-10-5-4-6-11-17/h4-5,7-9,16H,3,6,10-12H2,1-2H3. The molecule has 0 bridgehead atoms. The molecule has 0 atom stereocenters. The van der Waals surface area contributed by atoms with Crippen LogP contribution in [0.1, 0.15) is 24.5 Å². The van der Waals surface area contributed by atoms with Gasteiger partial charge in [0.15, 0.2) is 0 Å². The molecule has 0 saturated heterocycles. The Morgan fingerprint density at radius 2 is 2.10 bits per heavy atom. The molecule has 1 aliphatic rings. The van der Waals surface area contributed by atoms with Crippen LogP contribution in [0.25, 0.3) is 0 Å². The predicted molar refractivity (Wildman–Crippen MR) is 81.1 cm³/mol. The summed E-state index contributed by atoms with van der Waals surface area (Å²) in [6.45, 7) is 6.53. The summed E-state index contributed by atoms with van der Waals surface area (Å²) in [4.78, 5) is 0.434. The average Bonchev–Trinajstić information content (AvgIpc) is 2.47. The first-order chi connectivity index (χ1) is 9.57. The van der Waals surface area contributed by atoms with Crippen LogP contribution in [0.5, 0.6) is 0 Å². The molecule has 110 valence electrons. The van der Waals surface area contributed by atoms with Crippen molar-refractivity contribution in [2.45, 2.75) is 31.7 Å². The second-order valence-electron chi connectivity index (χ2n) is 4.94. The van der Waals surface area contributed by atoms with Crippen molar-refractivity contribution >= 4 is 10.0 Å². The molecular formula is C15H22N2O2S. The number of sulfonamides is 1. The van der Waals surface area contributed by atoms with Crippen LogP contribution in [-0.2, 0) is 16.6 Å². The number of nitrogens with zero attached hydrogens (tertiary/aromatic N) is 1. The van der Waals surface area contributed by atoms with Crippen LogP contribution in [0.2, 0.25) is 0 Å². The lowest BCUT2D eigenvalue weighted by atomic mass is 10.1. The summed E-state index contributed by atoms with van der Waals surface area (Å²) in [6, 6.07) is 5.51. The summed E-state index contributed by atoms with van der Waals surface area (Å²) in [7, 11) is -3.39. The van der Waals surface area contributed by atoms with Crippen molar-refractivity contribution in [2.75, 3.05) is 19.6 Å². The summed E-state index contributed by atoms with van der Waals surface area (Å²) >= 11 is 0. The molecule has 0 amide bonds. The quantitative estimate of drug-likeness (QED) is 0.846. The normalized spacial score (nSPS) is 16.5. The van der Waals surface area contributed by atoms with E-state index < -0.39 is 10.0 Å². The Bertz CT molecular complexity index is 594. The Morgan fingerprint density at radius 1 is 1.30 bits per heavy atom. The second-order valence-corrected chi connectivity index (χ2v) is 6.85. The predicted octanol–water partition coefficient (Wildman–Crippen LogP) is 2.06. The molecule has 0 saturated carbocycles. The Kier molecular flexibility index (Phi) is 4.96.